The molecule has 2 nitrogen and oxygen atoms in total. The zero-order chi connectivity index (χ0) is 7.28. The monoisotopic (exact) mass is 149 g/mol. The van der Waals surface area contributed by atoms with Crippen molar-refractivity contribution >= 4 is 10.8 Å². The van der Waals surface area contributed by atoms with Gasteiger partial charge in [-0.1, -0.05) is 6.92 Å². The molecular formula is C6H15NOS. The Morgan fingerprint density at radius 2 is 2.22 bits per heavy atom. The molecule has 2 atom stereocenters. The molecule has 0 aromatic carbocycles. The third kappa shape index (κ3) is 5.99. The molecule has 0 aliphatic rings. The molecular weight excluding hydrogens is 134 g/mol. The fourth-order valence-corrected chi connectivity index (χ4v) is 1.58. The maximum Gasteiger partial charge on any atom is 0.0383 e. The number of hydrogen-bond donors (Lipinski definition) is 1. The van der Waals surface area contributed by atoms with Crippen LogP contribution in [-0.4, -0.2) is 28.8 Å². The van der Waals surface area contributed by atoms with Crippen molar-refractivity contribution in [2.24, 2.45) is 0 Å². The van der Waals surface area contributed by atoms with Crippen LogP contribution < -0.4 is 5.32 Å². The van der Waals surface area contributed by atoms with Gasteiger partial charge < -0.3 is 5.32 Å². The lowest BCUT2D eigenvalue weighted by molar-refractivity contribution is 0.609. The van der Waals surface area contributed by atoms with Crippen LogP contribution in [0.25, 0.3) is 0 Å². The van der Waals surface area contributed by atoms with Gasteiger partial charge in [-0.15, -0.1) is 0 Å². The van der Waals surface area contributed by atoms with E-state index in [0.29, 0.717) is 6.04 Å². The van der Waals surface area contributed by atoms with Crippen LogP contribution in [0, 0.1) is 0 Å². The first-order chi connectivity index (χ1) is 4.16. The largest absolute Gasteiger partial charge is 0.314 e. The highest BCUT2D eigenvalue weighted by atomic mass is 32.2. The molecule has 0 aliphatic heterocycles. The Balaban J connectivity index is 3.26. The summed E-state index contributed by atoms with van der Waals surface area (Å²) < 4.78 is 10.6. The maximum atomic E-state index is 10.6. The van der Waals surface area contributed by atoms with Crippen LogP contribution in [0.3, 0.4) is 0 Å². The predicted molar refractivity (Wildman–Crippen MR) is 42.1 cm³/mol. The standard InChI is InChI=1S/C6H15NOS/c1-4-7-6(2)5-9(3)8/h6-7H,4-5H2,1-3H3. The second kappa shape index (κ2) is 4.94. The van der Waals surface area contributed by atoms with Crippen LogP contribution in [0.5, 0.6) is 0 Å². The van der Waals surface area contributed by atoms with Crippen molar-refractivity contribution in [2.75, 3.05) is 18.6 Å². The number of rotatable bonds is 4. The van der Waals surface area contributed by atoms with Crippen LogP contribution in [0.4, 0.5) is 0 Å². The summed E-state index contributed by atoms with van der Waals surface area (Å²) in [6.07, 6.45) is 1.73. The molecule has 0 saturated heterocycles. The maximum absolute atomic E-state index is 10.6. The van der Waals surface area contributed by atoms with E-state index in [4.69, 9.17) is 0 Å². The average molecular weight is 149 g/mol. The van der Waals surface area contributed by atoms with E-state index < -0.39 is 10.8 Å². The molecule has 0 fully saturated rings. The van der Waals surface area contributed by atoms with Crippen LogP contribution in [0.1, 0.15) is 13.8 Å². The Bertz CT molecular complexity index is 95.1. The van der Waals surface area contributed by atoms with E-state index in [9.17, 15) is 4.21 Å². The van der Waals surface area contributed by atoms with E-state index >= 15 is 0 Å². The lowest BCUT2D eigenvalue weighted by atomic mass is 10.4. The second-order valence-corrected chi connectivity index (χ2v) is 3.68. The molecule has 1 N–H and O–H groups in total. The van der Waals surface area contributed by atoms with Crippen LogP contribution in [0.15, 0.2) is 0 Å². The first-order valence-corrected chi connectivity index (χ1v) is 4.93. The lowest BCUT2D eigenvalue weighted by Gasteiger charge is -2.08. The van der Waals surface area contributed by atoms with Gasteiger partial charge in [0.05, 0.1) is 0 Å². The van der Waals surface area contributed by atoms with Gasteiger partial charge in [0.1, 0.15) is 0 Å². The molecule has 0 heterocycles. The Kier molecular flexibility index (Phi) is 5.00. The molecule has 0 saturated carbocycles. The van der Waals surface area contributed by atoms with Gasteiger partial charge in [0, 0.05) is 28.9 Å². The summed E-state index contributed by atoms with van der Waals surface area (Å²) >= 11 is 0. The van der Waals surface area contributed by atoms with Gasteiger partial charge in [-0.25, -0.2) is 0 Å². The van der Waals surface area contributed by atoms with Crippen LogP contribution >= 0.6 is 0 Å². The quantitative estimate of drug-likeness (QED) is 0.625. The summed E-state index contributed by atoms with van der Waals surface area (Å²) in [6, 6.07) is 0.390. The molecule has 0 spiro atoms. The molecule has 9 heavy (non-hydrogen) atoms. The molecule has 0 amide bonds. The highest BCUT2D eigenvalue weighted by Gasteiger charge is 1.99. The van der Waals surface area contributed by atoms with E-state index in [1.165, 1.54) is 0 Å². The van der Waals surface area contributed by atoms with Gasteiger partial charge in [-0.05, 0) is 13.5 Å². The van der Waals surface area contributed by atoms with E-state index in [2.05, 4.69) is 12.2 Å². The second-order valence-electron chi connectivity index (χ2n) is 2.20. The minimum atomic E-state index is -0.660. The minimum Gasteiger partial charge on any atom is -0.314 e. The van der Waals surface area contributed by atoms with Crippen molar-refractivity contribution in [3.05, 3.63) is 0 Å². The van der Waals surface area contributed by atoms with E-state index in [1.807, 2.05) is 6.92 Å². The number of nitrogens with one attached hydrogen (secondary N) is 1. The Morgan fingerprint density at radius 3 is 2.56 bits per heavy atom. The van der Waals surface area contributed by atoms with Gasteiger partial charge >= 0.3 is 0 Å². The van der Waals surface area contributed by atoms with Crippen molar-refractivity contribution in [1.29, 1.82) is 0 Å². The van der Waals surface area contributed by atoms with Gasteiger partial charge in [0.2, 0.25) is 0 Å². The molecule has 3 heteroatoms. The summed E-state index contributed by atoms with van der Waals surface area (Å²) in [7, 11) is -0.660. The van der Waals surface area contributed by atoms with Crippen molar-refractivity contribution in [3.8, 4) is 0 Å². The molecule has 0 bridgehead atoms. The van der Waals surface area contributed by atoms with E-state index in [0.717, 1.165) is 12.3 Å². The molecule has 0 rings (SSSR count). The van der Waals surface area contributed by atoms with Gasteiger partial charge in [0.15, 0.2) is 0 Å². The summed E-state index contributed by atoms with van der Waals surface area (Å²) in [4.78, 5) is 0. The van der Waals surface area contributed by atoms with Gasteiger partial charge in [-0.3, -0.25) is 4.21 Å². The first-order valence-electron chi connectivity index (χ1n) is 3.20. The normalized spacial score (nSPS) is 17.2. The van der Waals surface area contributed by atoms with Crippen molar-refractivity contribution in [3.63, 3.8) is 0 Å². The highest BCUT2D eigenvalue weighted by Crippen LogP contribution is 1.83. The van der Waals surface area contributed by atoms with Crippen molar-refractivity contribution < 1.29 is 4.21 Å². The Morgan fingerprint density at radius 1 is 1.67 bits per heavy atom. The minimum absolute atomic E-state index is 0.390. The fourth-order valence-electron chi connectivity index (χ4n) is 0.759. The van der Waals surface area contributed by atoms with Crippen LogP contribution in [0.2, 0.25) is 0 Å². The third-order valence-corrected chi connectivity index (χ3v) is 2.01. The van der Waals surface area contributed by atoms with Crippen molar-refractivity contribution in [1.82, 2.24) is 5.32 Å². The summed E-state index contributed by atoms with van der Waals surface area (Å²) in [5.41, 5.74) is 0. The predicted octanol–water partition coefficient (Wildman–Crippen LogP) is 0.363. The third-order valence-electron chi connectivity index (χ3n) is 1.04. The first kappa shape index (κ1) is 9.11. The molecule has 0 radical (unpaired) electrons. The smallest absolute Gasteiger partial charge is 0.0383 e. The van der Waals surface area contributed by atoms with Crippen LogP contribution in [-0.2, 0) is 10.8 Å². The average Bonchev–Trinajstić information content (AvgIpc) is 1.63. The number of hydrogen-bond acceptors (Lipinski definition) is 2. The molecule has 56 valence electrons. The zero-order valence-corrected chi connectivity index (χ0v) is 7.12. The Hall–Kier alpha value is 0.110. The van der Waals surface area contributed by atoms with Gasteiger partial charge in [0.25, 0.3) is 0 Å². The van der Waals surface area contributed by atoms with Crippen molar-refractivity contribution in [2.45, 2.75) is 19.9 Å². The molecule has 0 aliphatic carbocycles. The SMILES string of the molecule is CCNC(C)CS(C)=O. The summed E-state index contributed by atoms with van der Waals surface area (Å²) in [6.45, 7) is 5.05. The highest BCUT2D eigenvalue weighted by molar-refractivity contribution is 7.84. The summed E-state index contributed by atoms with van der Waals surface area (Å²) in [5, 5.41) is 3.18. The summed E-state index contributed by atoms with van der Waals surface area (Å²) in [5.74, 6) is 0.758. The fraction of sp³-hybridized carbons (Fsp3) is 1.00. The topological polar surface area (TPSA) is 29.1 Å². The zero-order valence-electron chi connectivity index (χ0n) is 6.31. The van der Waals surface area contributed by atoms with E-state index in [-0.39, 0.29) is 0 Å². The molecule has 2 unspecified atom stereocenters. The van der Waals surface area contributed by atoms with E-state index in [1.54, 1.807) is 6.26 Å². The molecule has 0 aromatic heterocycles. The Labute approximate surface area is 59.5 Å². The van der Waals surface area contributed by atoms with Gasteiger partial charge in [-0.2, -0.15) is 0 Å². The molecule has 0 aromatic rings. The lowest BCUT2D eigenvalue weighted by Crippen LogP contribution is -2.30.